The molecule has 0 saturated carbocycles. The van der Waals surface area contributed by atoms with Gasteiger partial charge in [-0.1, -0.05) is 0 Å². The number of nitrogen functional groups attached to an aromatic ring is 1. The first-order chi connectivity index (χ1) is 12.2. The Balaban J connectivity index is 1.84. The lowest BCUT2D eigenvalue weighted by molar-refractivity contribution is 0.174. The molecule has 1 aromatic carbocycles. The largest absolute Gasteiger partial charge is 0.454 e. The number of hydrogen-bond donors (Lipinski definition) is 2. The highest BCUT2D eigenvalue weighted by atomic mass is 16.7. The van der Waals surface area contributed by atoms with Crippen LogP contribution in [-0.2, 0) is 6.54 Å². The molecule has 1 aliphatic rings. The second-order valence-corrected chi connectivity index (χ2v) is 6.13. The van der Waals surface area contributed by atoms with E-state index in [0.29, 0.717) is 18.8 Å². The molecule has 130 valence electrons. The van der Waals surface area contributed by atoms with Crippen LogP contribution in [0.1, 0.15) is 5.69 Å². The van der Waals surface area contributed by atoms with Gasteiger partial charge in [0.25, 0.3) is 0 Å². The highest BCUT2D eigenvalue weighted by Crippen LogP contribution is 2.37. The van der Waals surface area contributed by atoms with Crippen molar-refractivity contribution in [1.29, 1.82) is 0 Å². The van der Waals surface area contributed by atoms with Gasteiger partial charge in [0.05, 0.1) is 18.0 Å². The maximum atomic E-state index is 9.20. The maximum Gasteiger partial charge on any atom is 0.231 e. The van der Waals surface area contributed by atoms with E-state index in [-0.39, 0.29) is 13.4 Å². The fourth-order valence-electron chi connectivity index (χ4n) is 3.04. The van der Waals surface area contributed by atoms with Gasteiger partial charge < -0.3 is 24.7 Å². The van der Waals surface area contributed by atoms with Gasteiger partial charge in [-0.2, -0.15) is 0 Å². The van der Waals surface area contributed by atoms with Crippen molar-refractivity contribution in [3.63, 3.8) is 0 Å². The van der Waals surface area contributed by atoms with E-state index >= 15 is 0 Å². The fourth-order valence-corrected chi connectivity index (χ4v) is 3.04. The smallest absolute Gasteiger partial charge is 0.231 e. The van der Waals surface area contributed by atoms with Crippen molar-refractivity contribution < 1.29 is 14.6 Å². The summed E-state index contributed by atoms with van der Waals surface area (Å²) in [5, 5.41) is 9.20. The zero-order valence-corrected chi connectivity index (χ0v) is 14.0. The first-order valence-electron chi connectivity index (χ1n) is 8.11. The standard InChI is InChI=1S/C18H20N4O3/c1-21(6-7-23)10-14-18(20-17-5-3-13(19)9-22(14)17)12-2-4-15-16(8-12)25-11-24-15/h2-5,8-9,23H,6-7,10-11,19H2,1H3. The Labute approximate surface area is 145 Å². The number of benzene rings is 1. The summed E-state index contributed by atoms with van der Waals surface area (Å²) in [4.78, 5) is 6.83. The zero-order valence-electron chi connectivity index (χ0n) is 14.0. The summed E-state index contributed by atoms with van der Waals surface area (Å²) >= 11 is 0. The molecule has 0 radical (unpaired) electrons. The van der Waals surface area contributed by atoms with Gasteiger partial charge in [-0.3, -0.25) is 4.90 Å². The molecular weight excluding hydrogens is 320 g/mol. The normalized spacial score (nSPS) is 13.1. The van der Waals surface area contributed by atoms with E-state index in [2.05, 4.69) is 0 Å². The van der Waals surface area contributed by atoms with Gasteiger partial charge in [0.15, 0.2) is 11.5 Å². The molecule has 0 saturated heterocycles. The molecule has 4 rings (SSSR count). The highest BCUT2D eigenvalue weighted by Gasteiger charge is 2.19. The third kappa shape index (κ3) is 2.88. The van der Waals surface area contributed by atoms with Crippen molar-refractivity contribution >= 4 is 11.3 Å². The number of aliphatic hydroxyl groups excluding tert-OH is 1. The van der Waals surface area contributed by atoms with Gasteiger partial charge in [-0.15, -0.1) is 0 Å². The molecule has 0 fully saturated rings. The van der Waals surface area contributed by atoms with Crippen LogP contribution in [0.3, 0.4) is 0 Å². The summed E-state index contributed by atoms with van der Waals surface area (Å²) in [6.07, 6.45) is 1.88. The number of fused-ring (bicyclic) bond motifs is 2. The number of imidazole rings is 1. The number of nitrogens with zero attached hydrogens (tertiary/aromatic N) is 3. The number of hydrogen-bond acceptors (Lipinski definition) is 6. The maximum absolute atomic E-state index is 9.20. The summed E-state index contributed by atoms with van der Waals surface area (Å²) in [5.41, 5.74) is 10.3. The second kappa shape index (κ2) is 6.27. The van der Waals surface area contributed by atoms with Gasteiger partial charge >= 0.3 is 0 Å². The van der Waals surface area contributed by atoms with E-state index in [1.807, 2.05) is 52.9 Å². The third-order valence-electron chi connectivity index (χ3n) is 4.29. The number of aromatic nitrogens is 2. The third-order valence-corrected chi connectivity index (χ3v) is 4.29. The molecule has 0 unspecified atom stereocenters. The summed E-state index contributed by atoms with van der Waals surface area (Å²) in [7, 11) is 1.96. The van der Waals surface area contributed by atoms with Crippen molar-refractivity contribution in [3.05, 3.63) is 42.2 Å². The second-order valence-electron chi connectivity index (χ2n) is 6.13. The Hall–Kier alpha value is -2.77. The zero-order chi connectivity index (χ0) is 17.4. The molecule has 7 nitrogen and oxygen atoms in total. The van der Waals surface area contributed by atoms with Crippen LogP contribution in [0, 0.1) is 0 Å². The molecule has 0 spiro atoms. The average molecular weight is 340 g/mol. The quantitative estimate of drug-likeness (QED) is 0.736. The molecule has 0 aliphatic carbocycles. The monoisotopic (exact) mass is 340 g/mol. The first-order valence-corrected chi connectivity index (χ1v) is 8.11. The van der Waals surface area contributed by atoms with Gasteiger partial charge in [0.2, 0.25) is 6.79 Å². The Morgan fingerprint density at radius 1 is 1.24 bits per heavy atom. The van der Waals surface area contributed by atoms with E-state index in [0.717, 1.165) is 34.1 Å². The van der Waals surface area contributed by atoms with Crippen LogP contribution in [-0.4, -0.2) is 46.4 Å². The van der Waals surface area contributed by atoms with Gasteiger partial charge in [-0.05, 0) is 37.4 Å². The van der Waals surface area contributed by atoms with Gasteiger partial charge in [0, 0.05) is 30.5 Å². The molecule has 1 aliphatic heterocycles. The van der Waals surface area contributed by atoms with Crippen molar-refractivity contribution in [3.8, 4) is 22.8 Å². The van der Waals surface area contributed by atoms with Crippen molar-refractivity contribution in [2.45, 2.75) is 6.54 Å². The van der Waals surface area contributed by atoms with Crippen molar-refractivity contribution in [2.75, 3.05) is 32.7 Å². The predicted octanol–water partition coefficient (Wildman–Crippen LogP) is 1.74. The minimum absolute atomic E-state index is 0.106. The highest BCUT2D eigenvalue weighted by molar-refractivity contribution is 5.70. The van der Waals surface area contributed by atoms with E-state index < -0.39 is 0 Å². The Bertz CT molecular complexity index is 922. The number of nitrogens with two attached hydrogens (primary N) is 1. The number of aliphatic hydroxyl groups is 1. The van der Waals surface area contributed by atoms with Crippen molar-refractivity contribution in [2.24, 2.45) is 0 Å². The van der Waals surface area contributed by atoms with Crippen LogP contribution in [0.25, 0.3) is 16.9 Å². The molecule has 0 atom stereocenters. The summed E-state index contributed by atoms with van der Waals surface area (Å²) < 4.78 is 12.9. The number of pyridine rings is 1. The van der Waals surface area contributed by atoms with Crippen LogP contribution in [0.2, 0.25) is 0 Å². The number of anilines is 1. The van der Waals surface area contributed by atoms with E-state index in [1.54, 1.807) is 0 Å². The number of ether oxygens (including phenoxy) is 2. The molecule has 25 heavy (non-hydrogen) atoms. The van der Waals surface area contributed by atoms with Gasteiger partial charge in [0.1, 0.15) is 5.65 Å². The Kier molecular flexibility index (Phi) is 3.95. The Morgan fingerprint density at radius 3 is 2.92 bits per heavy atom. The summed E-state index contributed by atoms with van der Waals surface area (Å²) in [5.74, 6) is 1.47. The van der Waals surface area contributed by atoms with Gasteiger partial charge in [-0.25, -0.2) is 4.98 Å². The molecule has 0 bridgehead atoms. The minimum Gasteiger partial charge on any atom is -0.454 e. The van der Waals surface area contributed by atoms with E-state index in [4.69, 9.17) is 20.2 Å². The lowest BCUT2D eigenvalue weighted by Crippen LogP contribution is -2.22. The SMILES string of the molecule is CN(CCO)Cc1c(-c2ccc3c(c2)OCO3)nc2ccc(N)cn12. The van der Waals surface area contributed by atoms with Crippen LogP contribution >= 0.6 is 0 Å². The summed E-state index contributed by atoms with van der Waals surface area (Å²) in [6, 6.07) is 9.57. The van der Waals surface area contributed by atoms with Crippen LogP contribution in [0.5, 0.6) is 11.5 Å². The molecule has 0 amide bonds. The lowest BCUT2D eigenvalue weighted by atomic mass is 10.1. The number of likely N-dealkylation sites (N-methyl/N-ethyl adjacent to an activating group) is 1. The van der Waals surface area contributed by atoms with E-state index in [1.165, 1.54) is 0 Å². The number of rotatable bonds is 5. The molecule has 3 N–H and O–H groups in total. The first kappa shape index (κ1) is 15.7. The minimum atomic E-state index is 0.106. The molecule has 2 aromatic heterocycles. The summed E-state index contributed by atoms with van der Waals surface area (Å²) in [6.45, 7) is 1.56. The fraction of sp³-hybridized carbons (Fsp3) is 0.278. The van der Waals surface area contributed by atoms with E-state index in [9.17, 15) is 5.11 Å². The molecular formula is C18H20N4O3. The van der Waals surface area contributed by atoms with Crippen molar-refractivity contribution in [1.82, 2.24) is 14.3 Å². The molecule has 3 heterocycles. The predicted molar refractivity (Wildman–Crippen MR) is 94.6 cm³/mol. The van der Waals surface area contributed by atoms with Crippen LogP contribution in [0.4, 0.5) is 5.69 Å². The lowest BCUT2D eigenvalue weighted by Gasteiger charge is -2.16. The average Bonchev–Trinajstić information content (AvgIpc) is 3.19. The van der Waals surface area contributed by atoms with Crippen LogP contribution < -0.4 is 15.2 Å². The Morgan fingerprint density at radius 2 is 2.08 bits per heavy atom. The van der Waals surface area contributed by atoms with Crippen LogP contribution in [0.15, 0.2) is 36.5 Å². The molecule has 3 aromatic rings. The molecule has 7 heteroatoms. The topological polar surface area (TPSA) is 85.2 Å².